The van der Waals surface area contributed by atoms with Crippen LogP contribution >= 0.6 is 0 Å². The quantitative estimate of drug-likeness (QED) is 0.857. The van der Waals surface area contributed by atoms with Crippen LogP contribution in [0.4, 0.5) is 11.4 Å². The minimum absolute atomic E-state index is 0.0203. The zero-order valence-corrected chi connectivity index (χ0v) is 13.5. The van der Waals surface area contributed by atoms with Crippen molar-refractivity contribution in [2.24, 2.45) is 0 Å². The van der Waals surface area contributed by atoms with Gasteiger partial charge in [-0.2, -0.15) is 0 Å². The lowest BCUT2D eigenvalue weighted by Crippen LogP contribution is -2.16. The first-order valence-corrected chi connectivity index (χ1v) is 7.64. The third kappa shape index (κ3) is 4.92. The lowest BCUT2D eigenvalue weighted by Gasteiger charge is -2.19. The van der Waals surface area contributed by atoms with Crippen LogP contribution in [0.5, 0.6) is 0 Å². The summed E-state index contributed by atoms with van der Waals surface area (Å²) in [5, 5.41) is 6.16. The molecular weight excluding hydrogens is 272 g/mol. The van der Waals surface area contributed by atoms with Crippen molar-refractivity contribution in [1.82, 2.24) is 0 Å². The molecule has 2 rings (SSSR count). The number of anilines is 2. The van der Waals surface area contributed by atoms with Crippen molar-refractivity contribution >= 4 is 17.3 Å². The number of para-hydroxylation sites is 1. The Balaban J connectivity index is 1.79. The maximum atomic E-state index is 11.9. The van der Waals surface area contributed by atoms with Gasteiger partial charge in [0, 0.05) is 24.3 Å². The van der Waals surface area contributed by atoms with Crippen molar-refractivity contribution < 1.29 is 4.79 Å². The largest absolute Gasteiger partial charge is 0.385 e. The first-order valence-electron chi connectivity index (χ1n) is 7.64. The molecule has 0 aliphatic rings. The highest BCUT2D eigenvalue weighted by atomic mass is 16.1. The Hall–Kier alpha value is -2.29. The topological polar surface area (TPSA) is 41.1 Å². The van der Waals surface area contributed by atoms with Crippen molar-refractivity contribution in [2.45, 2.75) is 32.6 Å². The van der Waals surface area contributed by atoms with Crippen molar-refractivity contribution in [3.8, 4) is 0 Å². The highest BCUT2D eigenvalue weighted by Gasteiger charge is 2.13. The third-order valence-corrected chi connectivity index (χ3v) is 3.49. The molecule has 22 heavy (non-hydrogen) atoms. The number of nitrogens with one attached hydrogen (secondary N) is 2. The molecule has 3 nitrogen and oxygen atoms in total. The molecule has 116 valence electrons. The Kier molecular flexibility index (Phi) is 5.21. The van der Waals surface area contributed by atoms with E-state index < -0.39 is 0 Å². The second-order valence-corrected chi connectivity index (χ2v) is 6.42. The maximum absolute atomic E-state index is 11.9. The number of carbonyl (C=O) groups excluding carboxylic acids is 1. The molecule has 2 aromatic rings. The molecule has 0 fully saturated rings. The van der Waals surface area contributed by atoms with Gasteiger partial charge >= 0.3 is 0 Å². The Labute approximate surface area is 132 Å². The molecule has 0 unspecified atom stereocenters. The van der Waals surface area contributed by atoms with Gasteiger partial charge in [-0.1, -0.05) is 51.1 Å². The van der Waals surface area contributed by atoms with Crippen LogP contribution in [0.15, 0.2) is 54.6 Å². The van der Waals surface area contributed by atoms with Crippen LogP contribution in [0.25, 0.3) is 0 Å². The normalized spacial score (nSPS) is 11.0. The molecule has 0 aromatic heterocycles. The van der Waals surface area contributed by atoms with Gasteiger partial charge in [-0.3, -0.25) is 4.79 Å². The number of hydrogen-bond donors (Lipinski definition) is 2. The fourth-order valence-corrected chi connectivity index (χ4v) is 2.15. The predicted octanol–water partition coefficient (Wildman–Crippen LogP) is 4.42. The summed E-state index contributed by atoms with van der Waals surface area (Å²) in [5.74, 6) is 0.0203. The van der Waals surface area contributed by atoms with E-state index in [1.54, 1.807) is 0 Å². The zero-order chi connectivity index (χ0) is 16.0. The van der Waals surface area contributed by atoms with Crippen molar-refractivity contribution in [1.29, 1.82) is 0 Å². The van der Waals surface area contributed by atoms with Gasteiger partial charge in [0.15, 0.2) is 0 Å². The number of carbonyl (C=O) groups is 1. The van der Waals surface area contributed by atoms with E-state index in [-0.39, 0.29) is 11.3 Å². The smallest absolute Gasteiger partial charge is 0.226 e. The minimum Gasteiger partial charge on any atom is -0.385 e. The average molecular weight is 296 g/mol. The summed E-state index contributed by atoms with van der Waals surface area (Å²) in [4.78, 5) is 11.9. The molecule has 2 aromatic carbocycles. The minimum atomic E-state index is 0.0203. The van der Waals surface area contributed by atoms with E-state index >= 15 is 0 Å². The first-order chi connectivity index (χ1) is 10.4. The molecule has 0 atom stereocenters. The van der Waals surface area contributed by atoms with E-state index in [9.17, 15) is 4.79 Å². The number of amides is 1. The molecule has 1 amide bonds. The van der Waals surface area contributed by atoms with Crippen LogP contribution in [0, 0.1) is 0 Å². The second kappa shape index (κ2) is 7.12. The third-order valence-electron chi connectivity index (χ3n) is 3.49. The summed E-state index contributed by atoms with van der Waals surface area (Å²) in [7, 11) is 0. The van der Waals surface area contributed by atoms with Crippen molar-refractivity contribution in [3.05, 3.63) is 60.2 Å². The van der Waals surface area contributed by atoms with E-state index in [1.807, 2.05) is 42.5 Å². The fraction of sp³-hybridized carbons (Fsp3) is 0.316. The van der Waals surface area contributed by atoms with Gasteiger partial charge in [0.25, 0.3) is 0 Å². The molecule has 0 heterocycles. The van der Waals surface area contributed by atoms with Crippen LogP contribution in [-0.2, 0) is 10.2 Å². The first kappa shape index (κ1) is 16.1. The summed E-state index contributed by atoms with van der Waals surface area (Å²) in [6, 6.07) is 18.0. The monoisotopic (exact) mass is 296 g/mol. The van der Waals surface area contributed by atoms with Crippen LogP contribution < -0.4 is 10.6 Å². The van der Waals surface area contributed by atoms with Gasteiger partial charge in [-0.15, -0.1) is 0 Å². The Bertz CT molecular complexity index is 598. The van der Waals surface area contributed by atoms with Gasteiger partial charge in [0.1, 0.15) is 0 Å². The van der Waals surface area contributed by atoms with Crippen LogP contribution in [0.3, 0.4) is 0 Å². The summed E-state index contributed by atoms with van der Waals surface area (Å²) in [5.41, 5.74) is 3.26. The van der Waals surface area contributed by atoms with Gasteiger partial charge in [-0.25, -0.2) is 0 Å². The Morgan fingerprint density at radius 3 is 2.14 bits per heavy atom. The molecule has 0 radical (unpaired) electrons. The lowest BCUT2D eigenvalue weighted by atomic mass is 9.87. The molecule has 0 spiro atoms. The number of hydrogen-bond acceptors (Lipinski definition) is 2. The van der Waals surface area contributed by atoms with Crippen molar-refractivity contribution in [2.75, 3.05) is 17.2 Å². The maximum Gasteiger partial charge on any atom is 0.226 e. The second-order valence-electron chi connectivity index (χ2n) is 6.42. The highest BCUT2D eigenvalue weighted by Crippen LogP contribution is 2.23. The molecule has 0 aliphatic heterocycles. The number of benzene rings is 2. The van der Waals surface area contributed by atoms with E-state index in [4.69, 9.17) is 0 Å². The Morgan fingerprint density at radius 2 is 1.55 bits per heavy atom. The molecule has 0 saturated heterocycles. The highest BCUT2D eigenvalue weighted by molar-refractivity contribution is 5.91. The molecule has 3 heteroatoms. The van der Waals surface area contributed by atoms with E-state index in [1.165, 1.54) is 5.56 Å². The Morgan fingerprint density at radius 1 is 0.909 bits per heavy atom. The molecule has 2 N–H and O–H groups in total. The fourth-order valence-electron chi connectivity index (χ4n) is 2.15. The van der Waals surface area contributed by atoms with Crippen LogP contribution in [0.2, 0.25) is 0 Å². The van der Waals surface area contributed by atoms with Crippen molar-refractivity contribution in [3.63, 3.8) is 0 Å². The van der Waals surface area contributed by atoms with Gasteiger partial charge < -0.3 is 10.6 Å². The summed E-state index contributed by atoms with van der Waals surface area (Å²) >= 11 is 0. The summed E-state index contributed by atoms with van der Waals surface area (Å²) in [6.45, 7) is 7.15. The van der Waals surface area contributed by atoms with Crippen LogP contribution in [-0.4, -0.2) is 12.5 Å². The van der Waals surface area contributed by atoms with E-state index in [2.05, 4.69) is 43.5 Å². The standard InChI is InChI=1S/C19H24N2O/c1-19(2,3)15-9-11-17(12-10-15)21-18(22)13-14-20-16-7-5-4-6-8-16/h4-12,20H,13-14H2,1-3H3,(H,21,22). The van der Waals surface area contributed by atoms with Gasteiger partial charge in [0.05, 0.1) is 0 Å². The molecule has 0 saturated carbocycles. The summed E-state index contributed by atoms with van der Waals surface area (Å²) < 4.78 is 0. The zero-order valence-electron chi connectivity index (χ0n) is 13.5. The van der Waals surface area contributed by atoms with E-state index in [0.29, 0.717) is 13.0 Å². The molecular formula is C19H24N2O. The molecule has 0 aliphatic carbocycles. The summed E-state index contributed by atoms with van der Waals surface area (Å²) in [6.07, 6.45) is 0.440. The van der Waals surface area contributed by atoms with E-state index in [0.717, 1.165) is 11.4 Å². The average Bonchev–Trinajstić information content (AvgIpc) is 2.48. The van der Waals surface area contributed by atoms with Gasteiger partial charge in [0.2, 0.25) is 5.91 Å². The lowest BCUT2D eigenvalue weighted by molar-refractivity contribution is -0.115. The molecule has 0 bridgehead atoms. The number of rotatable bonds is 5. The predicted molar refractivity (Wildman–Crippen MR) is 93.3 cm³/mol. The van der Waals surface area contributed by atoms with Gasteiger partial charge in [-0.05, 0) is 35.2 Å². The van der Waals surface area contributed by atoms with Crippen LogP contribution in [0.1, 0.15) is 32.8 Å². The SMILES string of the molecule is CC(C)(C)c1ccc(NC(=O)CCNc2ccccc2)cc1.